The highest BCUT2D eigenvalue weighted by Crippen LogP contribution is 2.29. The maximum absolute atomic E-state index is 8.85. The minimum Gasteiger partial charge on any atom is -0.489 e. The summed E-state index contributed by atoms with van der Waals surface area (Å²) in [6, 6.07) is 15.4. The summed E-state index contributed by atoms with van der Waals surface area (Å²) < 4.78 is 5.93. The predicted molar refractivity (Wildman–Crippen MR) is 85.6 cm³/mol. The number of para-hydroxylation sites is 1. The quantitative estimate of drug-likeness (QED) is 0.750. The molecule has 0 saturated carbocycles. The van der Waals surface area contributed by atoms with E-state index in [9.17, 15) is 0 Å². The lowest BCUT2D eigenvalue weighted by Crippen LogP contribution is -2.01. The summed E-state index contributed by atoms with van der Waals surface area (Å²) in [7, 11) is 0. The monoisotopic (exact) mass is 299 g/mol. The molecule has 3 heteroatoms. The molecule has 2 aromatic carbocycles. The van der Waals surface area contributed by atoms with Crippen LogP contribution in [-0.4, -0.2) is 0 Å². The lowest BCUT2D eigenvalue weighted by molar-refractivity contribution is 0.301. The van der Waals surface area contributed by atoms with Crippen LogP contribution < -0.4 is 4.74 Å². The van der Waals surface area contributed by atoms with Crippen molar-refractivity contribution < 1.29 is 4.74 Å². The summed E-state index contributed by atoms with van der Waals surface area (Å²) in [4.78, 5) is 0. The molecule has 0 radical (unpaired) electrons. The van der Waals surface area contributed by atoms with Crippen LogP contribution in [0.25, 0.3) is 0 Å². The zero-order valence-electron chi connectivity index (χ0n) is 12.3. The van der Waals surface area contributed by atoms with E-state index in [0.717, 1.165) is 17.7 Å². The predicted octanol–water partition coefficient (Wildman–Crippen LogP) is 5.30. The Labute approximate surface area is 130 Å². The molecule has 1 unspecified atom stereocenters. The third kappa shape index (κ3) is 3.77. The molecule has 2 nitrogen and oxygen atoms in total. The van der Waals surface area contributed by atoms with Crippen molar-refractivity contribution in [2.45, 2.75) is 32.8 Å². The summed E-state index contributed by atoms with van der Waals surface area (Å²) in [6.07, 6.45) is 1.07. The molecule has 0 aliphatic heterocycles. The molecule has 0 aliphatic carbocycles. The molecule has 0 heterocycles. The average molecular weight is 300 g/mol. The summed E-state index contributed by atoms with van der Waals surface area (Å²) >= 11 is 6.17. The Kier molecular flexibility index (Phi) is 5.25. The zero-order valence-corrected chi connectivity index (χ0v) is 13.0. The second-order valence-electron chi connectivity index (χ2n) is 5.05. The van der Waals surface area contributed by atoms with Gasteiger partial charge in [0.15, 0.2) is 0 Å². The van der Waals surface area contributed by atoms with E-state index in [-0.39, 0.29) is 0 Å². The zero-order chi connectivity index (χ0) is 15.2. The molecule has 0 bridgehead atoms. The van der Waals surface area contributed by atoms with Gasteiger partial charge in [0.1, 0.15) is 12.4 Å². The largest absolute Gasteiger partial charge is 0.489 e. The Morgan fingerprint density at radius 3 is 2.67 bits per heavy atom. The molecule has 21 heavy (non-hydrogen) atoms. The molecule has 0 amide bonds. The second kappa shape index (κ2) is 7.15. The Morgan fingerprint density at radius 2 is 2.00 bits per heavy atom. The van der Waals surface area contributed by atoms with Gasteiger partial charge in [0.2, 0.25) is 0 Å². The van der Waals surface area contributed by atoms with Crippen LogP contribution in [0.3, 0.4) is 0 Å². The van der Waals surface area contributed by atoms with Crippen molar-refractivity contribution in [2.75, 3.05) is 0 Å². The van der Waals surface area contributed by atoms with Crippen molar-refractivity contribution in [1.82, 2.24) is 0 Å². The van der Waals surface area contributed by atoms with Crippen molar-refractivity contribution in [3.8, 4) is 11.8 Å². The lowest BCUT2D eigenvalue weighted by atomic mass is 9.98. The first-order valence-electron chi connectivity index (χ1n) is 7.06. The third-order valence-electron chi connectivity index (χ3n) is 3.63. The summed E-state index contributed by atoms with van der Waals surface area (Å²) in [5.41, 5.74) is 2.66. The van der Waals surface area contributed by atoms with Crippen molar-refractivity contribution in [3.05, 3.63) is 64.2 Å². The van der Waals surface area contributed by atoms with Gasteiger partial charge in [0, 0.05) is 10.6 Å². The normalized spacial score (nSPS) is 11.7. The molecule has 0 spiro atoms. The number of hydrogen-bond acceptors (Lipinski definition) is 2. The summed E-state index contributed by atoms with van der Waals surface area (Å²) in [6.45, 7) is 4.76. The van der Waals surface area contributed by atoms with E-state index in [1.807, 2.05) is 24.3 Å². The number of hydrogen-bond donors (Lipinski definition) is 0. The van der Waals surface area contributed by atoms with Crippen LogP contribution in [0.1, 0.15) is 42.9 Å². The SMILES string of the molecule is CCC(C)c1ccccc1OCc1ccc(C#N)cc1Cl. The van der Waals surface area contributed by atoms with Gasteiger partial charge >= 0.3 is 0 Å². The molecule has 0 N–H and O–H groups in total. The van der Waals surface area contributed by atoms with Crippen LogP contribution >= 0.6 is 11.6 Å². The fourth-order valence-corrected chi connectivity index (χ4v) is 2.36. The van der Waals surface area contributed by atoms with Crippen LogP contribution in [0, 0.1) is 11.3 Å². The van der Waals surface area contributed by atoms with Gasteiger partial charge in [0.25, 0.3) is 0 Å². The van der Waals surface area contributed by atoms with Gasteiger partial charge in [-0.25, -0.2) is 0 Å². The highest BCUT2D eigenvalue weighted by molar-refractivity contribution is 6.31. The van der Waals surface area contributed by atoms with Gasteiger partial charge in [-0.3, -0.25) is 0 Å². The maximum atomic E-state index is 8.85. The van der Waals surface area contributed by atoms with Crippen LogP contribution in [-0.2, 0) is 6.61 Å². The second-order valence-corrected chi connectivity index (χ2v) is 5.46. The van der Waals surface area contributed by atoms with E-state index < -0.39 is 0 Å². The number of halogens is 1. The van der Waals surface area contributed by atoms with Gasteiger partial charge < -0.3 is 4.74 Å². The Hall–Kier alpha value is -1.98. The van der Waals surface area contributed by atoms with E-state index in [1.54, 1.807) is 12.1 Å². The first kappa shape index (κ1) is 15.4. The standard InChI is InChI=1S/C18H18ClNO/c1-3-13(2)16-6-4-5-7-18(16)21-12-15-9-8-14(11-20)10-17(15)19/h4-10,13H,3,12H2,1-2H3. The molecular formula is C18H18ClNO. The van der Waals surface area contributed by atoms with Gasteiger partial charge in [-0.15, -0.1) is 0 Å². The van der Waals surface area contributed by atoms with Gasteiger partial charge in [-0.1, -0.05) is 49.7 Å². The highest BCUT2D eigenvalue weighted by atomic mass is 35.5. The van der Waals surface area contributed by atoms with Crippen molar-refractivity contribution in [1.29, 1.82) is 5.26 Å². The number of nitriles is 1. The number of benzene rings is 2. The van der Waals surface area contributed by atoms with Gasteiger partial charge in [0.05, 0.1) is 11.6 Å². The molecular weight excluding hydrogens is 282 g/mol. The third-order valence-corrected chi connectivity index (χ3v) is 3.98. The van der Waals surface area contributed by atoms with E-state index >= 15 is 0 Å². The molecule has 0 aromatic heterocycles. The average Bonchev–Trinajstić information content (AvgIpc) is 2.53. The highest BCUT2D eigenvalue weighted by Gasteiger charge is 2.10. The first-order valence-corrected chi connectivity index (χ1v) is 7.43. The van der Waals surface area contributed by atoms with Crippen LogP contribution in [0.15, 0.2) is 42.5 Å². The fourth-order valence-electron chi connectivity index (χ4n) is 2.13. The van der Waals surface area contributed by atoms with Crippen LogP contribution in [0.2, 0.25) is 5.02 Å². The minimum atomic E-state index is 0.401. The van der Waals surface area contributed by atoms with Crippen LogP contribution in [0.5, 0.6) is 5.75 Å². The van der Waals surface area contributed by atoms with Crippen molar-refractivity contribution >= 4 is 11.6 Å². The lowest BCUT2D eigenvalue weighted by Gasteiger charge is -2.16. The first-order chi connectivity index (χ1) is 10.2. The molecule has 2 rings (SSSR count). The molecule has 108 valence electrons. The maximum Gasteiger partial charge on any atom is 0.123 e. The Balaban J connectivity index is 2.16. The molecule has 1 atom stereocenters. The number of ether oxygens (including phenoxy) is 1. The van der Waals surface area contributed by atoms with E-state index in [4.69, 9.17) is 21.6 Å². The van der Waals surface area contributed by atoms with E-state index in [2.05, 4.69) is 26.0 Å². The van der Waals surface area contributed by atoms with E-state index in [1.165, 1.54) is 5.56 Å². The molecule has 0 aliphatic rings. The number of rotatable bonds is 5. The fraction of sp³-hybridized carbons (Fsp3) is 0.278. The van der Waals surface area contributed by atoms with Crippen molar-refractivity contribution in [2.24, 2.45) is 0 Å². The number of nitrogens with zero attached hydrogens (tertiary/aromatic N) is 1. The van der Waals surface area contributed by atoms with Crippen molar-refractivity contribution in [3.63, 3.8) is 0 Å². The van der Waals surface area contributed by atoms with E-state index in [0.29, 0.717) is 23.1 Å². The van der Waals surface area contributed by atoms with Gasteiger partial charge in [-0.05, 0) is 36.1 Å². The summed E-state index contributed by atoms with van der Waals surface area (Å²) in [5, 5.41) is 9.41. The molecule has 2 aromatic rings. The smallest absolute Gasteiger partial charge is 0.123 e. The topological polar surface area (TPSA) is 33.0 Å². The van der Waals surface area contributed by atoms with Crippen LogP contribution in [0.4, 0.5) is 0 Å². The van der Waals surface area contributed by atoms with Gasteiger partial charge in [-0.2, -0.15) is 5.26 Å². The Bertz CT molecular complexity index is 661. The minimum absolute atomic E-state index is 0.401. The Morgan fingerprint density at radius 1 is 1.24 bits per heavy atom. The molecule has 0 saturated heterocycles. The molecule has 0 fully saturated rings. The summed E-state index contributed by atoms with van der Waals surface area (Å²) in [5.74, 6) is 1.35.